The monoisotopic (exact) mass is 320 g/mol. The van der Waals surface area contributed by atoms with E-state index in [9.17, 15) is 13.3 Å². The Bertz CT molecular complexity index is 434. The van der Waals surface area contributed by atoms with Crippen LogP contribution in [0.5, 0.6) is 0 Å². The maximum Gasteiger partial charge on any atom is 0.399 e. The minimum absolute atomic E-state index is 0.150. The lowest BCUT2D eigenvalue weighted by Crippen LogP contribution is -2.14. The number of rotatable bonds is 2. The summed E-state index contributed by atoms with van der Waals surface area (Å²) in [5.41, 5.74) is -5.02. The molecular weight excluding hydrogens is 316 g/mol. The molecule has 2 N–H and O–H groups in total. The smallest absolute Gasteiger partial charge is 0.320 e. The minimum atomic E-state index is -5.54. The van der Waals surface area contributed by atoms with Gasteiger partial charge in [-0.1, -0.05) is 27.5 Å². The molecule has 1 aromatic rings. The van der Waals surface area contributed by atoms with E-state index < -0.39 is 18.8 Å². The first-order valence-electron chi connectivity index (χ1n) is 3.55. The van der Waals surface area contributed by atoms with Crippen LogP contribution in [-0.4, -0.2) is 9.79 Å². The molecule has 84 valence electrons. The van der Waals surface area contributed by atoms with Gasteiger partial charge in [0.05, 0.1) is 0 Å². The van der Waals surface area contributed by atoms with Gasteiger partial charge < -0.3 is 9.79 Å². The number of hydrogen-bond acceptors (Lipinski definition) is 1. The molecule has 0 aliphatic rings. The largest absolute Gasteiger partial charge is 0.399 e. The van der Waals surface area contributed by atoms with E-state index in [0.29, 0.717) is 0 Å². The number of hydrogen-bond donors (Lipinski definition) is 2. The van der Waals surface area contributed by atoms with Gasteiger partial charge in [-0.3, -0.25) is 4.57 Å². The average Bonchev–Trinajstić information content (AvgIpc) is 2.00. The van der Waals surface area contributed by atoms with E-state index in [1.54, 1.807) is 0 Å². The molecule has 0 saturated heterocycles. The van der Waals surface area contributed by atoms with Crippen LogP contribution in [0.1, 0.15) is 5.56 Å². The normalized spacial score (nSPS) is 12.9. The molecule has 0 aromatic heterocycles. The van der Waals surface area contributed by atoms with Crippen LogP contribution in [0, 0.1) is 0 Å². The van der Waals surface area contributed by atoms with Gasteiger partial charge in [-0.2, -0.15) is 8.78 Å². The Morgan fingerprint density at radius 2 is 1.93 bits per heavy atom. The molecule has 0 unspecified atom stereocenters. The predicted molar refractivity (Wildman–Crippen MR) is 55.1 cm³/mol. The lowest BCUT2D eigenvalue weighted by molar-refractivity contribution is 0.0557. The molecule has 0 heterocycles. The van der Waals surface area contributed by atoms with Gasteiger partial charge in [-0.05, 0) is 18.2 Å². The molecule has 8 heteroatoms. The fourth-order valence-electron chi connectivity index (χ4n) is 0.890. The maximum atomic E-state index is 13.2. The average molecular weight is 321 g/mol. The Morgan fingerprint density at radius 1 is 1.40 bits per heavy atom. The van der Waals surface area contributed by atoms with E-state index in [0.717, 1.165) is 18.2 Å². The predicted octanol–water partition coefficient (Wildman–Crippen LogP) is 3.33. The van der Waals surface area contributed by atoms with Crippen LogP contribution >= 0.6 is 35.1 Å². The van der Waals surface area contributed by atoms with Crippen molar-refractivity contribution >= 4 is 35.1 Å². The SMILES string of the molecule is O=P(O)(O)C(F)(F)c1ccc(Cl)cc1Br. The van der Waals surface area contributed by atoms with Crippen LogP contribution < -0.4 is 0 Å². The van der Waals surface area contributed by atoms with Crippen molar-refractivity contribution < 1.29 is 23.1 Å². The number of benzene rings is 1. The first-order chi connectivity index (χ1) is 6.66. The van der Waals surface area contributed by atoms with Gasteiger partial charge in [-0.15, -0.1) is 0 Å². The van der Waals surface area contributed by atoms with Gasteiger partial charge in [0, 0.05) is 15.1 Å². The third-order valence-corrected chi connectivity index (χ3v) is 3.48. The van der Waals surface area contributed by atoms with Gasteiger partial charge in [0.1, 0.15) is 0 Å². The summed E-state index contributed by atoms with van der Waals surface area (Å²) in [7, 11) is -5.54. The molecule has 0 fully saturated rings. The Hall–Kier alpha value is -0.0000000000000000555. The second-order valence-electron chi connectivity index (χ2n) is 2.71. The molecular formula is C7H5BrClF2O3P. The fourth-order valence-corrected chi connectivity index (χ4v) is 2.48. The zero-order valence-corrected chi connectivity index (χ0v) is 10.2. The highest BCUT2D eigenvalue weighted by atomic mass is 79.9. The zero-order chi connectivity index (χ0) is 11.9. The molecule has 0 aliphatic carbocycles. The van der Waals surface area contributed by atoms with Crippen molar-refractivity contribution in [1.82, 2.24) is 0 Å². The lowest BCUT2D eigenvalue weighted by Gasteiger charge is -2.19. The summed E-state index contributed by atoms with van der Waals surface area (Å²) in [5, 5.41) is 0.187. The fraction of sp³-hybridized carbons (Fsp3) is 0.143. The molecule has 15 heavy (non-hydrogen) atoms. The van der Waals surface area contributed by atoms with E-state index >= 15 is 0 Å². The highest BCUT2D eigenvalue weighted by molar-refractivity contribution is 9.10. The van der Waals surface area contributed by atoms with E-state index in [4.69, 9.17) is 21.4 Å². The van der Waals surface area contributed by atoms with Gasteiger partial charge in [0.25, 0.3) is 0 Å². The Morgan fingerprint density at radius 3 is 2.33 bits per heavy atom. The highest BCUT2D eigenvalue weighted by Gasteiger charge is 2.51. The van der Waals surface area contributed by atoms with Gasteiger partial charge >= 0.3 is 13.3 Å². The lowest BCUT2D eigenvalue weighted by atomic mass is 10.2. The number of alkyl halides is 2. The van der Waals surface area contributed by atoms with Crippen molar-refractivity contribution in [2.24, 2.45) is 0 Å². The summed E-state index contributed by atoms with van der Waals surface area (Å²) in [4.78, 5) is 17.0. The first kappa shape index (κ1) is 13.1. The second kappa shape index (κ2) is 4.11. The Kier molecular flexibility index (Phi) is 3.58. The standard InChI is InChI=1S/C7H5BrClF2O3P/c8-6-3-4(9)1-2-5(6)7(10,11)15(12,13)14/h1-3H,(H2,12,13,14). The van der Waals surface area contributed by atoms with Crippen molar-refractivity contribution in [1.29, 1.82) is 0 Å². The summed E-state index contributed by atoms with van der Waals surface area (Å²) < 4.78 is 36.9. The van der Waals surface area contributed by atoms with Crippen molar-refractivity contribution in [2.75, 3.05) is 0 Å². The summed E-state index contributed by atoms with van der Waals surface area (Å²) in [6, 6.07) is 3.14. The van der Waals surface area contributed by atoms with Crippen molar-refractivity contribution in [3.05, 3.63) is 33.3 Å². The number of halogens is 4. The summed E-state index contributed by atoms with van der Waals surface area (Å²) in [6.45, 7) is 0. The van der Waals surface area contributed by atoms with Crippen LogP contribution in [0.2, 0.25) is 5.02 Å². The van der Waals surface area contributed by atoms with Crippen LogP contribution in [0.3, 0.4) is 0 Å². The van der Waals surface area contributed by atoms with Gasteiger partial charge in [-0.25, -0.2) is 0 Å². The molecule has 0 spiro atoms. The quantitative estimate of drug-likeness (QED) is 0.822. The molecule has 0 amide bonds. The van der Waals surface area contributed by atoms with Gasteiger partial charge in [0.2, 0.25) is 0 Å². The third-order valence-electron chi connectivity index (χ3n) is 1.62. The molecule has 0 bridgehead atoms. The summed E-state index contributed by atoms with van der Waals surface area (Å²) in [6.07, 6.45) is 0. The van der Waals surface area contributed by atoms with Crippen LogP contribution in [-0.2, 0) is 10.2 Å². The molecule has 0 aliphatic heterocycles. The Balaban J connectivity index is 3.34. The highest BCUT2D eigenvalue weighted by Crippen LogP contribution is 2.60. The maximum absolute atomic E-state index is 13.2. The molecule has 1 aromatic carbocycles. The Labute approximate surface area is 97.3 Å². The van der Waals surface area contributed by atoms with Crippen molar-refractivity contribution in [2.45, 2.75) is 5.66 Å². The first-order valence-corrected chi connectivity index (χ1v) is 6.33. The molecule has 0 atom stereocenters. The van der Waals surface area contributed by atoms with Crippen molar-refractivity contribution in [3.63, 3.8) is 0 Å². The van der Waals surface area contributed by atoms with E-state index in [1.807, 2.05) is 0 Å². The van der Waals surface area contributed by atoms with Crippen LogP contribution in [0.15, 0.2) is 22.7 Å². The van der Waals surface area contributed by atoms with Crippen LogP contribution in [0.25, 0.3) is 0 Å². The minimum Gasteiger partial charge on any atom is -0.320 e. The van der Waals surface area contributed by atoms with Crippen molar-refractivity contribution in [3.8, 4) is 0 Å². The van der Waals surface area contributed by atoms with E-state index in [2.05, 4.69) is 15.9 Å². The topological polar surface area (TPSA) is 57.5 Å². The summed E-state index contributed by atoms with van der Waals surface area (Å²) >= 11 is 8.28. The van der Waals surface area contributed by atoms with Gasteiger partial charge in [0.15, 0.2) is 0 Å². The summed E-state index contributed by atoms with van der Waals surface area (Å²) in [5.74, 6) is 0. The third kappa shape index (κ3) is 2.57. The van der Waals surface area contributed by atoms with E-state index in [-0.39, 0.29) is 9.50 Å². The zero-order valence-electron chi connectivity index (χ0n) is 6.99. The molecule has 3 nitrogen and oxygen atoms in total. The second-order valence-corrected chi connectivity index (χ2v) is 5.65. The van der Waals surface area contributed by atoms with E-state index in [1.165, 1.54) is 0 Å². The molecule has 0 saturated carbocycles. The van der Waals surface area contributed by atoms with Crippen LogP contribution in [0.4, 0.5) is 8.78 Å². The molecule has 1 rings (SSSR count). The molecule has 0 radical (unpaired) electrons.